The van der Waals surface area contributed by atoms with Gasteiger partial charge in [-0.05, 0) is 30.5 Å². The number of hydrogen-bond acceptors (Lipinski definition) is 8. The Balaban J connectivity index is 1.90. The summed E-state index contributed by atoms with van der Waals surface area (Å²) in [5.74, 6) is 0.114. The molecule has 2 aromatic rings. The second-order valence-electron chi connectivity index (χ2n) is 6.01. The summed E-state index contributed by atoms with van der Waals surface area (Å²) in [6, 6.07) is 5.05. The van der Waals surface area contributed by atoms with Crippen LogP contribution in [0.25, 0.3) is 0 Å². The minimum atomic E-state index is -0.440. The lowest BCUT2D eigenvalue weighted by Gasteiger charge is -2.09. The van der Waals surface area contributed by atoms with Crippen LogP contribution in [0.2, 0.25) is 0 Å². The van der Waals surface area contributed by atoms with Gasteiger partial charge in [-0.1, -0.05) is 43.0 Å². The average Bonchev–Trinajstić information content (AvgIpc) is 3.07. The minimum absolute atomic E-state index is 0.174. The molecular formula is C17H22N4O3S2. The van der Waals surface area contributed by atoms with Crippen LogP contribution in [0.3, 0.4) is 0 Å². The first-order chi connectivity index (χ1) is 12.4. The zero-order valence-corrected chi connectivity index (χ0v) is 16.8. The molecule has 0 unspecified atom stereocenters. The van der Waals surface area contributed by atoms with Crippen LogP contribution in [0.15, 0.2) is 22.5 Å². The first kappa shape index (κ1) is 20.2. The molecule has 1 aromatic carbocycles. The topological polar surface area (TPSA) is 93.2 Å². The summed E-state index contributed by atoms with van der Waals surface area (Å²) in [5, 5.41) is 14.9. The summed E-state index contributed by atoms with van der Waals surface area (Å²) in [6.07, 6.45) is 0. The molecule has 9 heteroatoms. The standard InChI is InChI=1S/C17H22N4O3S2/c1-10(2)8-18-16-20-21-17(26-16)25-9-14(22)19-13-7-12(15(23)24-4)6-5-11(13)3/h5-7,10H,8-9H2,1-4H3,(H,18,20)(H,19,22). The van der Waals surface area contributed by atoms with Crippen molar-refractivity contribution in [2.45, 2.75) is 25.1 Å². The molecule has 1 heterocycles. The molecule has 1 aromatic heterocycles. The molecule has 7 nitrogen and oxygen atoms in total. The van der Waals surface area contributed by atoms with Crippen LogP contribution >= 0.6 is 23.1 Å². The molecule has 0 spiro atoms. The monoisotopic (exact) mass is 394 g/mol. The maximum Gasteiger partial charge on any atom is 0.337 e. The molecule has 0 radical (unpaired) electrons. The molecule has 2 rings (SSSR count). The lowest BCUT2D eigenvalue weighted by Crippen LogP contribution is -2.15. The number of nitrogens with zero attached hydrogens (tertiary/aromatic N) is 2. The SMILES string of the molecule is COC(=O)c1ccc(C)c(NC(=O)CSc2nnc(NCC(C)C)s2)c1. The molecule has 0 bridgehead atoms. The van der Waals surface area contributed by atoms with Crippen molar-refractivity contribution in [1.82, 2.24) is 10.2 Å². The summed E-state index contributed by atoms with van der Waals surface area (Å²) in [7, 11) is 1.32. The highest BCUT2D eigenvalue weighted by Gasteiger charge is 2.12. The van der Waals surface area contributed by atoms with E-state index in [4.69, 9.17) is 4.74 Å². The van der Waals surface area contributed by atoms with E-state index < -0.39 is 5.97 Å². The smallest absolute Gasteiger partial charge is 0.337 e. The van der Waals surface area contributed by atoms with Crippen molar-refractivity contribution in [2.24, 2.45) is 5.92 Å². The van der Waals surface area contributed by atoms with E-state index in [1.165, 1.54) is 30.2 Å². The number of hydrogen-bond donors (Lipinski definition) is 2. The van der Waals surface area contributed by atoms with Crippen LogP contribution in [0.1, 0.15) is 29.8 Å². The van der Waals surface area contributed by atoms with Gasteiger partial charge >= 0.3 is 5.97 Å². The molecule has 0 saturated heterocycles. The molecule has 26 heavy (non-hydrogen) atoms. The predicted molar refractivity (Wildman–Crippen MR) is 105 cm³/mol. The number of carbonyl (C=O) groups is 2. The van der Waals surface area contributed by atoms with Gasteiger partial charge in [0, 0.05) is 12.2 Å². The molecule has 0 aliphatic carbocycles. The van der Waals surface area contributed by atoms with Crippen molar-refractivity contribution < 1.29 is 14.3 Å². The van der Waals surface area contributed by atoms with E-state index in [9.17, 15) is 9.59 Å². The van der Waals surface area contributed by atoms with Crippen LogP contribution in [0, 0.1) is 12.8 Å². The number of ether oxygens (including phenoxy) is 1. The molecule has 0 aliphatic heterocycles. The number of aromatic nitrogens is 2. The summed E-state index contributed by atoms with van der Waals surface area (Å²) in [6.45, 7) is 6.92. The van der Waals surface area contributed by atoms with Gasteiger partial charge in [0.05, 0.1) is 18.4 Å². The zero-order chi connectivity index (χ0) is 19.1. The quantitative estimate of drug-likeness (QED) is 0.523. The second kappa shape index (κ2) is 9.54. The fraction of sp³-hybridized carbons (Fsp3) is 0.412. The van der Waals surface area contributed by atoms with E-state index in [2.05, 4.69) is 34.7 Å². The predicted octanol–water partition coefficient (Wildman–Crippen LogP) is 3.43. The Morgan fingerprint density at radius 3 is 2.77 bits per heavy atom. The number of nitrogens with one attached hydrogen (secondary N) is 2. The Morgan fingerprint density at radius 1 is 1.31 bits per heavy atom. The summed E-state index contributed by atoms with van der Waals surface area (Å²) in [5.41, 5.74) is 1.85. The van der Waals surface area contributed by atoms with Crippen molar-refractivity contribution in [3.63, 3.8) is 0 Å². The molecule has 2 N–H and O–H groups in total. The van der Waals surface area contributed by atoms with Crippen LogP contribution in [-0.4, -0.2) is 41.5 Å². The fourth-order valence-electron chi connectivity index (χ4n) is 1.95. The number of benzene rings is 1. The Morgan fingerprint density at radius 2 is 2.08 bits per heavy atom. The highest BCUT2D eigenvalue weighted by atomic mass is 32.2. The minimum Gasteiger partial charge on any atom is -0.465 e. The Hall–Kier alpha value is -2.13. The summed E-state index contributed by atoms with van der Waals surface area (Å²) >= 11 is 2.75. The number of esters is 1. The van der Waals surface area contributed by atoms with Gasteiger partial charge in [0.1, 0.15) is 0 Å². The Labute approximate surface area is 160 Å². The van der Waals surface area contributed by atoms with E-state index in [0.29, 0.717) is 17.2 Å². The van der Waals surface area contributed by atoms with Gasteiger partial charge in [-0.2, -0.15) is 0 Å². The highest BCUT2D eigenvalue weighted by Crippen LogP contribution is 2.26. The highest BCUT2D eigenvalue weighted by molar-refractivity contribution is 8.01. The third kappa shape index (κ3) is 5.99. The Kier molecular flexibility index (Phi) is 7.40. The van der Waals surface area contributed by atoms with Crippen molar-refractivity contribution in [2.75, 3.05) is 30.0 Å². The fourth-order valence-corrected chi connectivity index (χ4v) is 3.50. The van der Waals surface area contributed by atoms with E-state index in [1.807, 2.05) is 6.92 Å². The summed E-state index contributed by atoms with van der Waals surface area (Å²) in [4.78, 5) is 23.8. The van der Waals surface area contributed by atoms with Crippen molar-refractivity contribution >= 4 is 45.8 Å². The number of rotatable bonds is 8. The van der Waals surface area contributed by atoms with E-state index in [1.54, 1.807) is 18.2 Å². The number of amides is 1. The first-order valence-electron chi connectivity index (χ1n) is 8.08. The van der Waals surface area contributed by atoms with E-state index >= 15 is 0 Å². The zero-order valence-electron chi connectivity index (χ0n) is 15.2. The second-order valence-corrected chi connectivity index (χ2v) is 8.21. The maximum absolute atomic E-state index is 12.2. The number of anilines is 2. The third-order valence-electron chi connectivity index (χ3n) is 3.33. The molecule has 0 fully saturated rings. The first-order valence-corrected chi connectivity index (χ1v) is 9.88. The normalized spacial score (nSPS) is 10.7. The average molecular weight is 395 g/mol. The van der Waals surface area contributed by atoms with Crippen molar-refractivity contribution in [3.05, 3.63) is 29.3 Å². The van der Waals surface area contributed by atoms with Crippen LogP contribution < -0.4 is 10.6 Å². The molecule has 0 atom stereocenters. The number of aryl methyl sites for hydroxylation is 1. The molecular weight excluding hydrogens is 372 g/mol. The van der Waals surface area contributed by atoms with Gasteiger partial charge in [-0.25, -0.2) is 4.79 Å². The van der Waals surface area contributed by atoms with Gasteiger partial charge in [-0.15, -0.1) is 10.2 Å². The lowest BCUT2D eigenvalue weighted by molar-refractivity contribution is -0.113. The molecule has 0 aliphatic rings. The van der Waals surface area contributed by atoms with Crippen LogP contribution in [0.4, 0.5) is 10.8 Å². The Bertz CT molecular complexity index is 777. The maximum atomic E-state index is 12.2. The largest absolute Gasteiger partial charge is 0.465 e. The van der Waals surface area contributed by atoms with Crippen LogP contribution in [-0.2, 0) is 9.53 Å². The van der Waals surface area contributed by atoms with E-state index in [-0.39, 0.29) is 11.7 Å². The van der Waals surface area contributed by atoms with Gasteiger partial charge in [0.2, 0.25) is 11.0 Å². The molecule has 1 amide bonds. The molecule has 0 saturated carbocycles. The molecule has 140 valence electrons. The summed E-state index contributed by atoms with van der Waals surface area (Å²) < 4.78 is 5.43. The lowest BCUT2D eigenvalue weighted by atomic mass is 10.1. The van der Waals surface area contributed by atoms with Crippen LogP contribution in [0.5, 0.6) is 0 Å². The number of thioether (sulfide) groups is 1. The van der Waals surface area contributed by atoms with Gasteiger partial charge in [0.15, 0.2) is 4.34 Å². The number of carbonyl (C=O) groups excluding carboxylic acids is 2. The van der Waals surface area contributed by atoms with Gasteiger partial charge < -0.3 is 15.4 Å². The van der Waals surface area contributed by atoms with Gasteiger partial charge in [-0.3, -0.25) is 4.79 Å². The third-order valence-corrected chi connectivity index (χ3v) is 5.34. The number of methoxy groups -OCH3 is 1. The van der Waals surface area contributed by atoms with Crippen molar-refractivity contribution in [1.29, 1.82) is 0 Å². The van der Waals surface area contributed by atoms with E-state index in [0.717, 1.165) is 21.6 Å². The van der Waals surface area contributed by atoms with Crippen molar-refractivity contribution in [3.8, 4) is 0 Å². The van der Waals surface area contributed by atoms with Gasteiger partial charge in [0.25, 0.3) is 0 Å².